The summed E-state index contributed by atoms with van der Waals surface area (Å²) in [6.45, 7) is 1.70. The zero-order chi connectivity index (χ0) is 21.7. The molecule has 0 spiro atoms. The minimum atomic E-state index is -4.58. The number of halogens is 6. The van der Waals surface area contributed by atoms with Crippen LogP contribution in [0.1, 0.15) is 16.7 Å². The summed E-state index contributed by atoms with van der Waals surface area (Å²) in [7, 11) is 0. The maximum Gasteiger partial charge on any atom is 0.417 e. The number of hydrogen-bond acceptors (Lipinski definition) is 3. The molecule has 0 aliphatic rings. The molecule has 3 heterocycles. The van der Waals surface area contributed by atoms with Crippen LogP contribution in [-0.4, -0.2) is 19.6 Å². The van der Waals surface area contributed by atoms with Crippen LogP contribution in [0, 0.1) is 13.3 Å². The quantitative estimate of drug-likeness (QED) is 0.396. The third-order valence-electron chi connectivity index (χ3n) is 4.53. The van der Waals surface area contributed by atoms with E-state index in [0.717, 1.165) is 28.9 Å². The molecule has 0 saturated carbocycles. The molecule has 1 radical (unpaired) electrons. The SMILES string of the molecule is Cc1cn[c]nc1-c1c(-c2ccc(C(F)(F)F)cc2)nn2cc(C(F)(F)F)ccc12. The van der Waals surface area contributed by atoms with Crippen LogP contribution in [0.2, 0.25) is 0 Å². The van der Waals surface area contributed by atoms with Gasteiger partial charge in [0.15, 0.2) is 6.33 Å². The van der Waals surface area contributed by atoms with E-state index >= 15 is 0 Å². The summed E-state index contributed by atoms with van der Waals surface area (Å²) in [5.74, 6) is 0. The number of rotatable bonds is 2. The molecule has 4 rings (SSSR count). The van der Waals surface area contributed by atoms with Gasteiger partial charge in [-0.3, -0.25) is 0 Å². The lowest BCUT2D eigenvalue weighted by atomic mass is 10.0. The Kier molecular flexibility index (Phi) is 4.52. The lowest BCUT2D eigenvalue weighted by molar-refractivity contribution is -0.138. The standard InChI is InChI=1S/C20H11F6N4/c1-11-8-27-10-28-17(11)16-15-7-6-14(20(24,25)26)9-30(15)29-18(16)12-2-4-13(5-3-12)19(21,22)23/h2-9H,1H3. The number of nitrogens with zero attached hydrogens (tertiary/aromatic N) is 4. The highest BCUT2D eigenvalue weighted by Gasteiger charge is 2.32. The van der Waals surface area contributed by atoms with E-state index in [1.807, 2.05) is 0 Å². The molecule has 0 fully saturated rings. The number of pyridine rings is 1. The van der Waals surface area contributed by atoms with Gasteiger partial charge in [-0.15, -0.1) is 0 Å². The predicted molar refractivity (Wildman–Crippen MR) is 95.2 cm³/mol. The van der Waals surface area contributed by atoms with Crippen LogP contribution in [0.15, 0.2) is 48.8 Å². The van der Waals surface area contributed by atoms with Gasteiger partial charge in [-0.1, -0.05) is 12.1 Å². The first-order valence-corrected chi connectivity index (χ1v) is 8.53. The molecule has 0 aliphatic heterocycles. The van der Waals surface area contributed by atoms with Crippen LogP contribution in [-0.2, 0) is 12.4 Å². The van der Waals surface area contributed by atoms with E-state index in [1.54, 1.807) is 6.92 Å². The Balaban J connectivity index is 1.98. The molecular weight excluding hydrogens is 410 g/mol. The van der Waals surface area contributed by atoms with E-state index in [-0.39, 0.29) is 5.69 Å². The van der Waals surface area contributed by atoms with E-state index in [9.17, 15) is 26.3 Å². The van der Waals surface area contributed by atoms with Gasteiger partial charge >= 0.3 is 12.4 Å². The molecule has 0 aliphatic carbocycles. The molecule has 0 unspecified atom stereocenters. The Bertz CT molecular complexity index is 1220. The summed E-state index contributed by atoms with van der Waals surface area (Å²) in [4.78, 5) is 7.88. The van der Waals surface area contributed by atoms with Crippen LogP contribution >= 0.6 is 0 Å². The van der Waals surface area contributed by atoms with E-state index in [2.05, 4.69) is 21.4 Å². The Hall–Kier alpha value is -3.43. The van der Waals surface area contributed by atoms with E-state index in [1.165, 1.54) is 24.4 Å². The van der Waals surface area contributed by atoms with Crippen LogP contribution in [0.5, 0.6) is 0 Å². The lowest BCUT2D eigenvalue weighted by Crippen LogP contribution is -2.06. The van der Waals surface area contributed by atoms with Crippen molar-refractivity contribution in [2.75, 3.05) is 0 Å². The number of alkyl halides is 6. The summed E-state index contributed by atoms with van der Waals surface area (Å²) in [6.07, 6.45) is -4.35. The second kappa shape index (κ2) is 6.82. The second-order valence-electron chi connectivity index (χ2n) is 6.55. The van der Waals surface area contributed by atoms with Crippen LogP contribution in [0.4, 0.5) is 26.3 Å². The molecule has 0 N–H and O–H groups in total. The van der Waals surface area contributed by atoms with Crippen LogP contribution in [0.25, 0.3) is 28.0 Å². The van der Waals surface area contributed by atoms with Crippen molar-refractivity contribution in [3.63, 3.8) is 0 Å². The zero-order valence-corrected chi connectivity index (χ0v) is 15.2. The maximum atomic E-state index is 13.1. The van der Waals surface area contributed by atoms with Gasteiger partial charge in [0.1, 0.15) is 5.69 Å². The van der Waals surface area contributed by atoms with E-state index in [0.29, 0.717) is 27.9 Å². The average molecular weight is 421 g/mol. The smallest absolute Gasteiger partial charge is 0.239 e. The van der Waals surface area contributed by atoms with Crippen molar-refractivity contribution in [2.45, 2.75) is 19.3 Å². The van der Waals surface area contributed by atoms with Gasteiger partial charge in [0.2, 0.25) is 0 Å². The molecular formula is C20H11F6N4. The van der Waals surface area contributed by atoms with Crippen molar-refractivity contribution in [1.82, 2.24) is 19.6 Å². The fourth-order valence-electron chi connectivity index (χ4n) is 3.08. The molecule has 0 saturated heterocycles. The van der Waals surface area contributed by atoms with Crippen molar-refractivity contribution in [2.24, 2.45) is 0 Å². The number of benzene rings is 1. The molecule has 3 aromatic heterocycles. The third-order valence-corrected chi connectivity index (χ3v) is 4.53. The van der Waals surface area contributed by atoms with Gasteiger partial charge in [0.05, 0.1) is 27.9 Å². The number of hydrogen-bond donors (Lipinski definition) is 0. The van der Waals surface area contributed by atoms with Crippen molar-refractivity contribution < 1.29 is 26.3 Å². The van der Waals surface area contributed by atoms with Gasteiger partial charge in [-0.2, -0.15) is 31.4 Å². The highest BCUT2D eigenvalue weighted by atomic mass is 19.4. The first kappa shape index (κ1) is 19.9. The highest BCUT2D eigenvalue weighted by Crippen LogP contribution is 2.38. The Morgan fingerprint density at radius 1 is 0.833 bits per heavy atom. The molecule has 0 bridgehead atoms. The maximum absolute atomic E-state index is 13.1. The van der Waals surface area contributed by atoms with Crippen molar-refractivity contribution in [1.29, 1.82) is 0 Å². The average Bonchev–Trinajstić information content (AvgIpc) is 3.06. The highest BCUT2D eigenvalue weighted by molar-refractivity contribution is 5.91. The zero-order valence-electron chi connectivity index (χ0n) is 15.2. The molecule has 153 valence electrons. The molecule has 0 atom stereocenters. The van der Waals surface area contributed by atoms with Gasteiger partial charge in [-0.05, 0) is 36.8 Å². The first-order valence-electron chi connectivity index (χ1n) is 8.53. The van der Waals surface area contributed by atoms with Gasteiger partial charge in [0, 0.05) is 18.0 Å². The fourth-order valence-corrected chi connectivity index (χ4v) is 3.08. The third kappa shape index (κ3) is 3.49. The van der Waals surface area contributed by atoms with Crippen LogP contribution in [0.3, 0.4) is 0 Å². The molecule has 0 amide bonds. The topological polar surface area (TPSA) is 43.1 Å². The normalized spacial score (nSPS) is 12.5. The molecule has 30 heavy (non-hydrogen) atoms. The fraction of sp³-hybridized carbons (Fsp3) is 0.150. The summed E-state index contributed by atoms with van der Waals surface area (Å²) in [6, 6.07) is 6.39. The van der Waals surface area contributed by atoms with Crippen molar-refractivity contribution in [3.05, 3.63) is 71.8 Å². The van der Waals surface area contributed by atoms with Crippen LogP contribution < -0.4 is 0 Å². The Labute approximate surface area is 165 Å². The van der Waals surface area contributed by atoms with Gasteiger partial charge in [0.25, 0.3) is 0 Å². The number of fused-ring (bicyclic) bond motifs is 1. The Morgan fingerprint density at radius 2 is 1.47 bits per heavy atom. The van der Waals surface area contributed by atoms with Crippen molar-refractivity contribution >= 4 is 5.52 Å². The first-order chi connectivity index (χ1) is 14.1. The minimum absolute atomic E-state index is 0.193. The summed E-state index contributed by atoms with van der Waals surface area (Å²) >= 11 is 0. The summed E-state index contributed by atoms with van der Waals surface area (Å²) in [5.41, 5.74) is 0.405. The Morgan fingerprint density at radius 3 is 2.07 bits per heavy atom. The molecule has 4 nitrogen and oxygen atoms in total. The van der Waals surface area contributed by atoms with Gasteiger partial charge < -0.3 is 0 Å². The largest absolute Gasteiger partial charge is 0.417 e. The second-order valence-corrected chi connectivity index (χ2v) is 6.55. The molecule has 4 aromatic rings. The minimum Gasteiger partial charge on any atom is -0.239 e. The molecule has 1 aromatic carbocycles. The predicted octanol–water partition coefficient (Wildman–Crippen LogP) is 5.60. The van der Waals surface area contributed by atoms with E-state index in [4.69, 9.17) is 0 Å². The number of aryl methyl sites for hydroxylation is 1. The molecule has 10 heteroatoms. The van der Waals surface area contributed by atoms with Gasteiger partial charge in [-0.25, -0.2) is 14.5 Å². The monoisotopic (exact) mass is 421 g/mol. The van der Waals surface area contributed by atoms with Crippen molar-refractivity contribution in [3.8, 4) is 22.5 Å². The summed E-state index contributed by atoms with van der Waals surface area (Å²) < 4.78 is 79.1. The lowest BCUT2D eigenvalue weighted by Gasteiger charge is -2.08. The summed E-state index contributed by atoms with van der Waals surface area (Å²) in [5, 5.41) is 4.23. The number of aromatic nitrogens is 4. The van der Waals surface area contributed by atoms with E-state index < -0.39 is 23.5 Å².